The second kappa shape index (κ2) is 7.54. The van der Waals surface area contributed by atoms with Gasteiger partial charge in [-0.3, -0.25) is 14.5 Å². The van der Waals surface area contributed by atoms with E-state index in [4.69, 9.17) is 5.73 Å². The number of carbonyl (C=O) groups is 3. The Labute approximate surface area is 165 Å². The SMILES string of the molecule is NC[C@@H]1CN(C(=O)CCN2C(=O)NC3(CCCC3)C2=O)C[C@H]1c1ccccc1. The highest BCUT2D eigenvalue weighted by atomic mass is 16.2. The monoisotopic (exact) mass is 384 g/mol. The van der Waals surface area contributed by atoms with Crippen molar-refractivity contribution in [1.82, 2.24) is 15.1 Å². The van der Waals surface area contributed by atoms with E-state index in [1.165, 1.54) is 10.5 Å². The largest absolute Gasteiger partial charge is 0.342 e. The van der Waals surface area contributed by atoms with E-state index >= 15 is 0 Å². The summed E-state index contributed by atoms with van der Waals surface area (Å²) in [6.45, 7) is 1.93. The van der Waals surface area contributed by atoms with Crippen LogP contribution in [0.5, 0.6) is 0 Å². The van der Waals surface area contributed by atoms with Gasteiger partial charge in [-0.15, -0.1) is 0 Å². The Balaban J connectivity index is 1.37. The Hall–Kier alpha value is -2.41. The first-order chi connectivity index (χ1) is 13.5. The average Bonchev–Trinajstić information content (AvgIpc) is 3.41. The molecule has 2 heterocycles. The van der Waals surface area contributed by atoms with Crippen molar-refractivity contribution in [2.24, 2.45) is 11.7 Å². The lowest BCUT2D eigenvalue weighted by molar-refractivity contribution is -0.133. The summed E-state index contributed by atoms with van der Waals surface area (Å²) in [5.41, 5.74) is 6.44. The van der Waals surface area contributed by atoms with Gasteiger partial charge in [0.25, 0.3) is 5.91 Å². The molecule has 3 N–H and O–H groups in total. The van der Waals surface area contributed by atoms with Crippen LogP contribution in [0.2, 0.25) is 0 Å². The Bertz CT molecular complexity index is 760. The van der Waals surface area contributed by atoms with Crippen LogP contribution in [0.15, 0.2) is 30.3 Å². The zero-order valence-electron chi connectivity index (χ0n) is 16.1. The molecule has 1 saturated carbocycles. The van der Waals surface area contributed by atoms with Crippen molar-refractivity contribution >= 4 is 17.8 Å². The van der Waals surface area contributed by atoms with Gasteiger partial charge in [-0.25, -0.2) is 4.79 Å². The molecule has 1 spiro atoms. The molecule has 4 rings (SSSR count). The first-order valence-corrected chi connectivity index (χ1v) is 10.2. The van der Waals surface area contributed by atoms with Gasteiger partial charge in [0.15, 0.2) is 0 Å². The number of nitrogens with zero attached hydrogens (tertiary/aromatic N) is 2. The van der Waals surface area contributed by atoms with Gasteiger partial charge in [0.05, 0.1) is 0 Å². The van der Waals surface area contributed by atoms with Crippen LogP contribution in [0.4, 0.5) is 4.79 Å². The van der Waals surface area contributed by atoms with Crippen LogP contribution < -0.4 is 11.1 Å². The summed E-state index contributed by atoms with van der Waals surface area (Å²) < 4.78 is 0. The molecule has 150 valence electrons. The van der Waals surface area contributed by atoms with Gasteiger partial charge >= 0.3 is 6.03 Å². The fourth-order valence-corrected chi connectivity index (χ4v) is 4.95. The van der Waals surface area contributed by atoms with Gasteiger partial charge in [0.2, 0.25) is 5.91 Å². The van der Waals surface area contributed by atoms with E-state index in [1.54, 1.807) is 0 Å². The lowest BCUT2D eigenvalue weighted by Gasteiger charge is -2.21. The molecule has 2 aliphatic heterocycles. The number of hydrogen-bond acceptors (Lipinski definition) is 4. The van der Waals surface area contributed by atoms with Crippen molar-refractivity contribution in [1.29, 1.82) is 0 Å². The van der Waals surface area contributed by atoms with Crippen LogP contribution in [0.1, 0.15) is 43.6 Å². The van der Waals surface area contributed by atoms with Crippen LogP contribution in [-0.4, -0.2) is 59.4 Å². The van der Waals surface area contributed by atoms with E-state index in [0.29, 0.717) is 32.5 Å². The van der Waals surface area contributed by atoms with E-state index in [2.05, 4.69) is 17.4 Å². The van der Waals surface area contributed by atoms with Crippen molar-refractivity contribution in [2.45, 2.75) is 43.6 Å². The maximum absolute atomic E-state index is 12.8. The third-order valence-electron chi connectivity index (χ3n) is 6.58. The maximum atomic E-state index is 12.8. The second-order valence-corrected chi connectivity index (χ2v) is 8.24. The molecule has 2 atom stereocenters. The zero-order chi connectivity index (χ0) is 19.7. The van der Waals surface area contributed by atoms with E-state index < -0.39 is 5.54 Å². The maximum Gasteiger partial charge on any atom is 0.325 e. The minimum absolute atomic E-state index is 0.0233. The molecule has 7 heteroatoms. The van der Waals surface area contributed by atoms with E-state index in [0.717, 1.165) is 12.8 Å². The van der Waals surface area contributed by atoms with Crippen LogP contribution in [-0.2, 0) is 9.59 Å². The molecule has 7 nitrogen and oxygen atoms in total. The summed E-state index contributed by atoms with van der Waals surface area (Å²) in [5.74, 6) is 0.273. The number of carbonyl (C=O) groups excluding carboxylic acids is 3. The van der Waals surface area contributed by atoms with Gasteiger partial charge in [-0.1, -0.05) is 43.2 Å². The number of likely N-dealkylation sites (tertiary alicyclic amines) is 1. The van der Waals surface area contributed by atoms with Crippen LogP contribution in [0, 0.1) is 5.92 Å². The van der Waals surface area contributed by atoms with Gasteiger partial charge < -0.3 is 16.0 Å². The van der Waals surface area contributed by atoms with Crippen molar-refractivity contribution in [3.05, 3.63) is 35.9 Å². The predicted octanol–water partition coefficient (Wildman–Crippen LogP) is 1.44. The third kappa shape index (κ3) is 3.28. The Morgan fingerprint density at radius 2 is 1.86 bits per heavy atom. The van der Waals surface area contributed by atoms with Crippen molar-refractivity contribution < 1.29 is 14.4 Å². The number of benzene rings is 1. The molecule has 0 bridgehead atoms. The summed E-state index contributed by atoms with van der Waals surface area (Å²) in [6.07, 6.45) is 3.46. The molecule has 0 radical (unpaired) electrons. The van der Waals surface area contributed by atoms with Crippen molar-refractivity contribution in [3.8, 4) is 0 Å². The Morgan fingerprint density at radius 1 is 1.14 bits per heavy atom. The highest BCUT2D eigenvalue weighted by Crippen LogP contribution is 2.35. The fraction of sp³-hybridized carbons (Fsp3) is 0.571. The number of hydrogen-bond donors (Lipinski definition) is 2. The summed E-state index contributed by atoms with van der Waals surface area (Å²) in [5, 5.41) is 2.86. The van der Waals surface area contributed by atoms with E-state index in [9.17, 15) is 14.4 Å². The van der Waals surface area contributed by atoms with E-state index in [1.807, 2.05) is 23.1 Å². The smallest absolute Gasteiger partial charge is 0.325 e. The predicted molar refractivity (Wildman–Crippen MR) is 104 cm³/mol. The minimum atomic E-state index is -0.711. The third-order valence-corrected chi connectivity index (χ3v) is 6.58. The first-order valence-electron chi connectivity index (χ1n) is 10.2. The summed E-state index contributed by atoms with van der Waals surface area (Å²) in [6, 6.07) is 9.79. The lowest BCUT2D eigenvalue weighted by atomic mass is 9.89. The Kier molecular flexibility index (Phi) is 5.10. The average molecular weight is 384 g/mol. The van der Waals surface area contributed by atoms with Crippen LogP contribution in [0.3, 0.4) is 0 Å². The highest BCUT2D eigenvalue weighted by molar-refractivity contribution is 6.07. The molecule has 0 unspecified atom stereocenters. The zero-order valence-corrected chi connectivity index (χ0v) is 16.1. The molecule has 28 heavy (non-hydrogen) atoms. The fourth-order valence-electron chi connectivity index (χ4n) is 4.95. The van der Waals surface area contributed by atoms with Crippen LogP contribution in [0.25, 0.3) is 0 Å². The van der Waals surface area contributed by atoms with Gasteiger partial charge in [0, 0.05) is 32.0 Å². The van der Waals surface area contributed by atoms with Gasteiger partial charge in [0.1, 0.15) is 5.54 Å². The number of rotatable bonds is 5. The minimum Gasteiger partial charge on any atom is -0.342 e. The quantitative estimate of drug-likeness (QED) is 0.751. The molecule has 0 aromatic heterocycles. The van der Waals surface area contributed by atoms with E-state index in [-0.39, 0.29) is 42.6 Å². The van der Waals surface area contributed by atoms with Crippen molar-refractivity contribution in [2.75, 3.05) is 26.2 Å². The summed E-state index contributed by atoms with van der Waals surface area (Å²) in [7, 11) is 0. The molecule has 4 amide bonds. The molecule has 3 fully saturated rings. The van der Waals surface area contributed by atoms with Crippen LogP contribution >= 0.6 is 0 Å². The van der Waals surface area contributed by atoms with Gasteiger partial charge in [-0.2, -0.15) is 0 Å². The normalized spacial score (nSPS) is 26.3. The topological polar surface area (TPSA) is 95.7 Å². The number of urea groups is 1. The molecule has 3 aliphatic rings. The number of nitrogens with two attached hydrogens (primary N) is 1. The van der Waals surface area contributed by atoms with Crippen molar-refractivity contribution in [3.63, 3.8) is 0 Å². The summed E-state index contributed by atoms with van der Waals surface area (Å²) >= 11 is 0. The highest BCUT2D eigenvalue weighted by Gasteiger charge is 2.52. The molecule has 1 aliphatic carbocycles. The molecule has 2 saturated heterocycles. The number of nitrogens with one attached hydrogen (secondary N) is 1. The molecular formula is C21H28N4O3. The lowest BCUT2D eigenvalue weighted by Crippen LogP contribution is -2.44. The summed E-state index contributed by atoms with van der Waals surface area (Å²) in [4.78, 5) is 40.8. The second-order valence-electron chi connectivity index (χ2n) is 8.24. The molecular weight excluding hydrogens is 356 g/mol. The molecule has 1 aromatic rings. The first kappa shape index (κ1) is 18.9. The number of imide groups is 1. The molecule has 1 aromatic carbocycles. The standard InChI is InChI=1S/C21H28N4O3/c22-12-16-13-24(14-17(16)15-6-2-1-3-7-15)18(26)8-11-25-19(27)21(23-20(25)28)9-4-5-10-21/h1-3,6-7,16-17H,4-5,8-14,22H2,(H,23,28)/t16-,17+/m1/s1. The Morgan fingerprint density at radius 3 is 2.54 bits per heavy atom. The van der Waals surface area contributed by atoms with Gasteiger partial charge in [-0.05, 0) is 30.9 Å². The number of amides is 4.